The molecule has 114 valence electrons. The van der Waals surface area contributed by atoms with Gasteiger partial charge in [-0.3, -0.25) is 0 Å². The first-order valence-corrected chi connectivity index (χ1v) is 7.72. The molecule has 5 nitrogen and oxygen atoms in total. The average molecular weight is 304 g/mol. The van der Waals surface area contributed by atoms with Gasteiger partial charge in [-0.2, -0.15) is 4.31 Å². The third kappa shape index (κ3) is 3.47. The summed E-state index contributed by atoms with van der Waals surface area (Å²) in [4.78, 5) is -0.136. The van der Waals surface area contributed by atoms with Crippen LogP contribution in [0.1, 0.15) is 19.4 Å². The van der Waals surface area contributed by atoms with Crippen LogP contribution in [0.25, 0.3) is 0 Å². The van der Waals surface area contributed by atoms with Crippen molar-refractivity contribution in [2.45, 2.75) is 31.7 Å². The van der Waals surface area contributed by atoms with Crippen LogP contribution >= 0.6 is 0 Å². The van der Waals surface area contributed by atoms with Gasteiger partial charge in [0.05, 0.1) is 11.5 Å². The fraction of sp³-hybridized carbons (Fsp3) is 0.538. The number of rotatable bonds is 6. The Balaban J connectivity index is 3.26. The molecule has 0 radical (unpaired) electrons. The molecular weight excluding hydrogens is 283 g/mol. The van der Waals surface area contributed by atoms with Crippen LogP contribution < -0.4 is 5.73 Å². The lowest BCUT2D eigenvalue weighted by Gasteiger charge is -2.26. The van der Waals surface area contributed by atoms with Crippen LogP contribution in [-0.4, -0.2) is 39.0 Å². The van der Waals surface area contributed by atoms with Gasteiger partial charge in [0.15, 0.2) is 0 Å². The van der Waals surface area contributed by atoms with Gasteiger partial charge in [-0.05, 0) is 32.9 Å². The molecule has 2 N–H and O–H groups in total. The molecule has 0 heterocycles. The van der Waals surface area contributed by atoms with Crippen molar-refractivity contribution >= 4 is 15.7 Å². The zero-order valence-corrected chi connectivity index (χ0v) is 13.0. The first-order chi connectivity index (χ1) is 9.21. The normalized spacial score (nSPS) is 12.3. The van der Waals surface area contributed by atoms with E-state index in [-0.39, 0.29) is 35.3 Å². The number of nitrogens with two attached hydrogens (primary N) is 1. The van der Waals surface area contributed by atoms with Crippen molar-refractivity contribution in [3.63, 3.8) is 0 Å². The fourth-order valence-electron chi connectivity index (χ4n) is 1.80. The molecule has 0 aliphatic rings. The molecule has 0 spiro atoms. The van der Waals surface area contributed by atoms with Crippen LogP contribution in [0.3, 0.4) is 0 Å². The second kappa shape index (κ2) is 6.51. The molecule has 0 unspecified atom stereocenters. The van der Waals surface area contributed by atoms with Crippen LogP contribution in [0.5, 0.6) is 0 Å². The van der Waals surface area contributed by atoms with E-state index in [1.165, 1.54) is 24.4 Å². The van der Waals surface area contributed by atoms with E-state index in [1.807, 2.05) is 0 Å². The maximum Gasteiger partial charge on any atom is 0.243 e. The largest absolute Gasteiger partial charge is 0.398 e. The van der Waals surface area contributed by atoms with E-state index in [2.05, 4.69) is 0 Å². The Morgan fingerprint density at radius 2 is 2.00 bits per heavy atom. The average Bonchev–Trinajstić information content (AvgIpc) is 2.35. The van der Waals surface area contributed by atoms with E-state index in [0.29, 0.717) is 0 Å². The number of benzene rings is 1. The Kier molecular flexibility index (Phi) is 5.50. The molecule has 0 aliphatic heterocycles. The molecule has 1 rings (SSSR count). The van der Waals surface area contributed by atoms with Gasteiger partial charge < -0.3 is 10.5 Å². The topological polar surface area (TPSA) is 72.6 Å². The Labute approximate surface area is 119 Å². The molecular formula is C13H21FN2O3S. The van der Waals surface area contributed by atoms with Crippen molar-refractivity contribution in [1.29, 1.82) is 0 Å². The first kappa shape index (κ1) is 16.9. The van der Waals surface area contributed by atoms with E-state index >= 15 is 0 Å². The molecule has 0 aromatic heterocycles. The van der Waals surface area contributed by atoms with Gasteiger partial charge in [0, 0.05) is 30.9 Å². The van der Waals surface area contributed by atoms with E-state index in [1.54, 1.807) is 13.8 Å². The first-order valence-electron chi connectivity index (χ1n) is 6.28. The highest BCUT2D eigenvalue weighted by Gasteiger charge is 2.27. The predicted octanol–water partition coefficient (Wildman–Crippen LogP) is 1.76. The number of hydrogen-bond donors (Lipinski definition) is 1. The highest BCUT2D eigenvalue weighted by Crippen LogP contribution is 2.24. The van der Waals surface area contributed by atoms with Crippen molar-refractivity contribution in [2.24, 2.45) is 0 Å². The van der Waals surface area contributed by atoms with Crippen LogP contribution in [-0.2, 0) is 14.8 Å². The van der Waals surface area contributed by atoms with E-state index in [9.17, 15) is 12.8 Å². The molecule has 0 atom stereocenters. The minimum Gasteiger partial charge on any atom is -0.398 e. The van der Waals surface area contributed by atoms with Gasteiger partial charge in [0.25, 0.3) is 0 Å². The van der Waals surface area contributed by atoms with E-state index in [4.69, 9.17) is 10.5 Å². The summed E-state index contributed by atoms with van der Waals surface area (Å²) in [6.07, 6.45) is 0. The number of ether oxygens (including phenoxy) is 1. The Morgan fingerprint density at radius 3 is 2.45 bits per heavy atom. The molecule has 0 amide bonds. The summed E-state index contributed by atoms with van der Waals surface area (Å²) in [6, 6.07) is 2.03. The third-order valence-electron chi connectivity index (χ3n) is 3.06. The Morgan fingerprint density at radius 1 is 1.40 bits per heavy atom. The zero-order valence-electron chi connectivity index (χ0n) is 12.2. The van der Waals surface area contributed by atoms with Crippen LogP contribution in [0, 0.1) is 12.7 Å². The zero-order chi connectivity index (χ0) is 15.5. The minimum absolute atomic E-state index is 0.124. The van der Waals surface area contributed by atoms with Crippen molar-refractivity contribution in [1.82, 2.24) is 4.31 Å². The molecule has 1 aromatic carbocycles. The molecule has 0 fully saturated rings. The summed E-state index contributed by atoms with van der Waals surface area (Å²) in [5.41, 5.74) is 6.02. The van der Waals surface area contributed by atoms with Crippen molar-refractivity contribution in [3.8, 4) is 0 Å². The quantitative estimate of drug-likeness (QED) is 0.813. The lowest BCUT2D eigenvalue weighted by atomic mass is 10.2. The summed E-state index contributed by atoms with van der Waals surface area (Å²) in [7, 11) is -2.31. The Hall–Kier alpha value is -1.18. The van der Waals surface area contributed by atoms with Crippen LogP contribution in [0.15, 0.2) is 17.0 Å². The molecule has 0 aliphatic carbocycles. The van der Waals surface area contributed by atoms with Gasteiger partial charge in [0.2, 0.25) is 10.0 Å². The highest BCUT2D eigenvalue weighted by atomic mass is 32.2. The molecule has 0 bridgehead atoms. The number of anilines is 1. The number of halogens is 1. The maximum absolute atomic E-state index is 13.7. The second-order valence-corrected chi connectivity index (χ2v) is 6.71. The minimum atomic E-state index is -3.80. The SMILES string of the molecule is COCCN(C(C)C)S(=O)(=O)c1cc(N)c(C)c(F)c1. The summed E-state index contributed by atoms with van der Waals surface area (Å²) >= 11 is 0. The standard InChI is InChI=1S/C13H21FN2O3S/c1-9(2)16(5-6-19-4)20(17,18)11-7-12(14)10(3)13(15)8-11/h7-9H,5-6,15H2,1-4H3. The molecule has 0 saturated carbocycles. The second-order valence-electron chi connectivity index (χ2n) is 4.82. The number of nitrogens with zero attached hydrogens (tertiary/aromatic N) is 1. The number of methoxy groups -OCH3 is 1. The summed E-state index contributed by atoms with van der Waals surface area (Å²) in [6.45, 7) is 5.47. The summed E-state index contributed by atoms with van der Waals surface area (Å²) in [5, 5.41) is 0. The van der Waals surface area contributed by atoms with Crippen molar-refractivity contribution < 1.29 is 17.5 Å². The molecule has 20 heavy (non-hydrogen) atoms. The molecule has 1 aromatic rings. The number of nitrogen functional groups attached to an aromatic ring is 1. The van der Waals surface area contributed by atoms with Crippen molar-refractivity contribution in [3.05, 3.63) is 23.5 Å². The summed E-state index contributed by atoms with van der Waals surface area (Å²) in [5.74, 6) is -0.626. The molecule has 0 saturated heterocycles. The smallest absolute Gasteiger partial charge is 0.243 e. The van der Waals surface area contributed by atoms with Crippen LogP contribution in [0.2, 0.25) is 0 Å². The van der Waals surface area contributed by atoms with E-state index in [0.717, 1.165) is 6.07 Å². The van der Waals surface area contributed by atoms with Gasteiger partial charge in [-0.15, -0.1) is 0 Å². The fourth-order valence-corrected chi connectivity index (χ4v) is 3.46. The van der Waals surface area contributed by atoms with Crippen LogP contribution in [0.4, 0.5) is 10.1 Å². The van der Waals surface area contributed by atoms with Gasteiger partial charge >= 0.3 is 0 Å². The maximum atomic E-state index is 13.7. The number of sulfonamides is 1. The molecule has 7 heteroatoms. The predicted molar refractivity (Wildman–Crippen MR) is 76.5 cm³/mol. The van der Waals surface area contributed by atoms with Gasteiger partial charge in [0.1, 0.15) is 5.82 Å². The lowest BCUT2D eigenvalue weighted by Crippen LogP contribution is -2.39. The summed E-state index contributed by atoms with van der Waals surface area (Å²) < 4.78 is 45.0. The lowest BCUT2D eigenvalue weighted by molar-refractivity contribution is 0.171. The highest BCUT2D eigenvalue weighted by molar-refractivity contribution is 7.89. The van der Waals surface area contributed by atoms with Crippen molar-refractivity contribution in [2.75, 3.05) is 26.0 Å². The van der Waals surface area contributed by atoms with Gasteiger partial charge in [-0.25, -0.2) is 12.8 Å². The van der Waals surface area contributed by atoms with E-state index < -0.39 is 15.8 Å². The number of hydrogen-bond acceptors (Lipinski definition) is 4. The monoisotopic (exact) mass is 304 g/mol. The Bertz CT molecular complexity index is 550. The third-order valence-corrected chi connectivity index (χ3v) is 5.11. The van der Waals surface area contributed by atoms with Gasteiger partial charge in [-0.1, -0.05) is 0 Å².